The summed E-state index contributed by atoms with van der Waals surface area (Å²) in [4.78, 5) is 0. The third-order valence-corrected chi connectivity index (χ3v) is 0.960. The molecule has 0 aliphatic rings. The standard InChI is InChI=1S/C6H4BrF/c7-5-2-1-3-6(8)4-5/h1-4H/i1D,2D,3D,4D. The molecule has 0 aromatic heterocycles. The molecular weight excluding hydrogens is 171 g/mol. The molecule has 1 aromatic carbocycles. The minimum atomic E-state index is -1.07. The highest BCUT2D eigenvalue weighted by atomic mass is 79.9. The Hall–Kier alpha value is -0.370. The van der Waals surface area contributed by atoms with Gasteiger partial charge in [-0.25, -0.2) is 4.39 Å². The monoisotopic (exact) mass is 178 g/mol. The second-order valence-corrected chi connectivity index (χ2v) is 1.92. The van der Waals surface area contributed by atoms with Crippen LogP contribution in [0.1, 0.15) is 5.48 Å². The zero-order chi connectivity index (χ0) is 9.46. The Bertz CT molecular complexity index is 234. The highest BCUT2D eigenvalue weighted by Gasteiger charge is 1.86. The van der Waals surface area contributed by atoms with Gasteiger partial charge in [-0.15, -0.1) is 0 Å². The summed E-state index contributed by atoms with van der Waals surface area (Å²) in [6.07, 6.45) is 0. The van der Waals surface area contributed by atoms with E-state index in [1.54, 1.807) is 0 Å². The lowest BCUT2D eigenvalue weighted by molar-refractivity contribution is 0.627. The summed E-state index contributed by atoms with van der Waals surface area (Å²) in [6, 6.07) is -2.07. The molecule has 42 valence electrons. The van der Waals surface area contributed by atoms with E-state index >= 15 is 0 Å². The lowest BCUT2D eigenvalue weighted by Crippen LogP contribution is -1.68. The second kappa shape index (κ2) is 2.27. The summed E-state index contributed by atoms with van der Waals surface area (Å²) in [5.74, 6) is -1.07. The Morgan fingerprint density at radius 2 is 2.38 bits per heavy atom. The van der Waals surface area contributed by atoms with E-state index in [-0.39, 0.29) is 10.5 Å². The maximum Gasteiger partial charge on any atom is 0.124 e. The Labute approximate surface area is 61.1 Å². The van der Waals surface area contributed by atoms with Gasteiger partial charge < -0.3 is 0 Å². The number of rotatable bonds is 0. The van der Waals surface area contributed by atoms with E-state index in [1.807, 2.05) is 0 Å². The molecule has 0 bridgehead atoms. The van der Waals surface area contributed by atoms with Crippen LogP contribution < -0.4 is 0 Å². The Morgan fingerprint density at radius 3 is 3.12 bits per heavy atom. The third-order valence-electron chi connectivity index (χ3n) is 0.564. The highest BCUT2D eigenvalue weighted by Crippen LogP contribution is 2.09. The first-order valence-corrected chi connectivity index (χ1v) is 2.67. The van der Waals surface area contributed by atoms with Crippen LogP contribution in [-0.2, 0) is 0 Å². The summed E-state index contributed by atoms with van der Waals surface area (Å²) in [5, 5.41) is 0. The first kappa shape index (κ1) is 2.48. The summed E-state index contributed by atoms with van der Waals surface area (Å²) in [6.45, 7) is 0. The van der Waals surface area contributed by atoms with Crippen molar-refractivity contribution >= 4 is 15.9 Å². The fourth-order valence-electron chi connectivity index (χ4n) is 0.300. The van der Waals surface area contributed by atoms with Gasteiger partial charge in [0, 0.05) is 4.47 Å². The average Bonchev–Trinajstić information content (AvgIpc) is 2.08. The van der Waals surface area contributed by atoms with Gasteiger partial charge >= 0.3 is 0 Å². The molecule has 0 nitrogen and oxygen atoms in total. The first-order valence-electron chi connectivity index (χ1n) is 3.88. The van der Waals surface area contributed by atoms with E-state index in [0.717, 1.165) is 0 Å². The van der Waals surface area contributed by atoms with Gasteiger partial charge in [0.25, 0.3) is 0 Å². The van der Waals surface area contributed by atoms with Crippen molar-refractivity contribution in [3.63, 3.8) is 0 Å². The number of benzene rings is 1. The van der Waals surface area contributed by atoms with Crippen molar-refractivity contribution in [2.45, 2.75) is 0 Å². The summed E-state index contributed by atoms with van der Waals surface area (Å²) in [7, 11) is 0. The minimum absolute atomic E-state index is 0.0824. The van der Waals surface area contributed by atoms with Crippen molar-refractivity contribution in [2.75, 3.05) is 0 Å². The molecule has 0 aliphatic carbocycles. The molecule has 2 heteroatoms. The summed E-state index contributed by atoms with van der Waals surface area (Å²) >= 11 is 2.80. The fraction of sp³-hybridized carbons (Fsp3) is 0. The molecule has 0 heterocycles. The van der Waals surface area contributed by atoms with Crippen LogP contribution in [0.15, 0.2) is 28.6 Å². The topological polar surface area (TPSA) is 0 Å². The van der Waals surface area contributed by atoms with Crippen LogP contribution in [0.3, 0.4) is 0 Å². The van der Waals surface area contributed by atoms with Crippen molar-refractivity contribution in [2.24, 2.45) is 0 Å². The Morgan fingerprint density at radius 1 is 1.62 bits per heavy atom. The first-order chi connectivity index (χ1) is 5.46. The van der Waals surface area contributed by atoms with Crippen molar-refractivity contribution in [3.8, 4) is 0 Å². The van der Waals surface area contributed by atoms with Gasteiger partial charge in [0.05, 0.1) is 5.48 Å². The third kappa shape index (κ3) is 1.30. The van der Waals surface area contributed by atoms with E-state index in [4.69, 9.17) is 5.48 Å². The highest BCUT2D eigenvalue weighted by molar-refractivity contribution is 9.10. The lowest BCUT2D eigenvalue weighted by atomic mass is 10.4. The van der Waals surface area contributed by atoms with Crippen molar-refractivity contribution < 1.29 is 9.87 Å². The predicted octanol–water partition coefficient (Wildman–Crippen LogP) is 2.59. The summed E-state index contributed by atoms with van der Waals surface area (Å²) < 4.78 is 41.1. The lowest BCUT2D eigenvalue weighted by Gasteiger charge is -1.85. The van der Waals surface area contributed by atoms with Crippen LogP contribution in [-0.4, -0.2) is 0 Å². The zero-order valence-corrected chi connectivity index (χ0v) is 5.34. The molecule has 8 heavy (non-hydrogen) atoms. The van der Waals surface area contributed by atoms with Gasteiger partial charge in [0.1, 0.15) is 5.82 Å². The molecule has 0 aliphatic heterocycles. The minimum Gasteiger partial charge on any atom is -0.207 e. The maximum atomic E-state index is 12.8. The van der Waals surface area contributed by atoms with Gasteiger partial charge in [0.2, 0.25) is 0 Å². The molecule has 0 atom stereocenters. The van der Waals surface area contributed by atoms with Crippen LogP contribution in [0.25, 0.3) is 0 Å². The quantitative estimate of drug-likeness (QED) is 0.574. The van der Waals surface area contributed by atoms with Crippen LogP contribution >= 0.6 is 15.9 Å². The number of hydrogen-bond acceptors (Lipinski definition) is 0. The largest absolute Gasteiger partial charge is 0.207 e. The van der Waals surface area contributed by atoms with Gasteiger partial charge in [-0.1, -0.05) is 22.0 Å². The van der Waals surface area contributed by atoms with Gasteiger partial charge in [-0.3, -0.25) is 0 Å². The van der Waals surface area contributed by atoms with Gasteiger partial charge in [-0.05, 0) is 18.1 Å². The van der Waals surface area contributed by atoms with E-state index in [0.29, 0.717) is 0 Å². The molecule has 0 saturated heterocycles. The van der Waals surface area contributed by atoms with Crippen LogP contribution in [0.4, 0.5) is 4.39 Å². The average molecular weight is 179 g/mol. The molecular formula is C6H4BrF. The second-order valence-electron chi connectivity index (χ2n) is 1.13. The molecule has 1 rings (SSSR count). The Kier molecular flexibility index (Phi) is 0.702. The summed E-state index contributed by atoms with van der Waals surface area (Å²) in [5.41, 5.74) is 0. The van der Waals surface area contributed by atoms with Gasteiger partial charge in [0.15, 0.2) is 0 Å². The van der Waals surface area contributed by atoms with Crippen LogP contribution in [0.2, 0.25) is 0 Å². The molecule has 0 unspecified atom stereocenters. The fourth-order valence-corrected chi connectivity index (χ4v) is 0.573. The predicted molar refractivity (Wildman–Crippen MR) is 34.1 cm³/mol. The van der Waals surface area contributed by atoms with E-state index in [2.05, 4.69) is 15.9 Å². The van der Waals surface area contributed by atoms with E-state index in [9.17, 15) is 4.39 Å². The van der Waals surface area contributed by atoms with Crippen LogP contribution in [0.5, 0.6) is 0 Å². The maximum absolute atomic E-state index is 12.8. The van der Waals surface area contributed by atoms with Gasteiger partial charge in [-0.2, -0.15) is 0 Å². The molecule has 0 amide bonds. The number of hydrogen-bond donors (Lipinski definition) is 0. The van der Waals surface area contributed by atoms with E-state index < -0.39 is 23.9 Å². The molecule has 1 aromatic rings. The van der Waals surface area contributed by atoms with E-state index in [1.165, 1.54) is 0 Å². The molecule has 0 N–H and O–H groups in total. The molecule has 0 fully saturated rings. The van der Waals surface area contributed by atoms with Crippen molar-refractivity contribution in [3.05, 3.63) is 34.5 Å². The zero-order valence-electron chi connectivity index (χ0n) is 7.76. The normalized spacial score (nSPS) is 16.2. The molecule has 0 spiro atoms. The number of halogens is 2. The Balaban J connectivity index is 3.60. The smallest absolute Gasteiger partial charge is 0.124 e. The molecule has 0 radical (unpaired) electrons. The van der Waals surface area contributed by atoms with Crippen LogP contribution in [0, 0.1) is 5.82 Å². The van der Waals surface area contributed by atoms with Crippen molar-refractivity contribution in [1.29, 1.82) is 0 Å². The SMILES string of the molecule is [2H]c1c([2H])c(F)c([2H])c(Br)c1[2H]. The molecule has 0 saturated carbocycles. The van der Waals surface area contributed by atoms with Crippen molar-refractivity contribution in [1.82, 2.24) is 0 Å².